The first-order valence-electron chi connectivity index (χ1n) is 7.24. The van der Waals surface area contributed by atoms with Crippen LogP contribution in [-0.2, 0) is 18.3 Å². The van der Waals surface area contributed by atoms with Crippen LogP contribution < -0.4 is 5.32 Å². The van der Waals surface area contributed by atoms with Crippen molar-refractivity contribution in [2.45, 2.75) is 19.9 Å². The summed E-state index contributed by atoms with van der Waals surface area (Å²) >= 11 is 0. The van der Waals surface area contributed by atoms with Crippen LogP contribution in [0.25, 0.3) is 10.9 Å². The van der Waals surface area contributed by atoms with Gasteiger partial charge in [-0.3, -0.25) is 0 Å². The molecule has 0 radical (unpaired) electrons. The molecular weight excluding hydrogens is 268 g/mol. The van der Waals surface area contributed by atoms with E-state index in [2.05, 4.69) is 5.32 Å². The molecule has 0 unspecified atom stereocenters. The van der Waals surface area contributed by atoms with Crippen LogP contribution in [-0.4, -0.2) is 35.4 Å². The second kappa shape index (κ2) is 7.24. The van der Waals surface area contributed by atoms with Gasteiger partial charge in [0, 0.05) is 43.3 Å². The lowest BCUT2D eigenvalue weighted by Gasteiger charge is -2.06. The second-order valence-corrected chi connectivity index (χ2v) is 4.94. The van der Waals surface area contributed by atoms with Gasteiger partial charge >= 0.3 is 5.97 Å². The molecule has 0 saturated heterocycles. The van der Waals surface area contributed by atoms with Crippen LogP contribution >= 0.6 is 0 Å². The van der Waals surface area contributed by atoms with E-state index in [4.69, 9.17) is 4.74 Å². The third-order valence-electron chi connectivity index (χ3n) is 3.56. The lowest BCUT2D eigenvalue weighted by atomic mass is 10.1. The monoisotopic (exact) mass is 290 g/mol. The van der Waals surface area contributed by atoms with Crippen molar-refractivity contribution < 1.29 is 14.6 Å². The quantitative estimate of drug-likeness (QED) is 0.733. The molecule has 2 aromatic rings. The molecule has 0 amide bonds. The predicted molar refractivity (Wildman–Crippen MR) is 82.7 cm³/mol. The number of carboxylic acids is 1. The fourth-order valence-electron chi connectivity index (χ4n) is 2.58. The number of para-hydroxylation sites is 1. The number of hydrogen-bond acceptors (Lipinski definition) is 3. The molecule has 1 heterocycles. The Morgan fingerprint density at radius 3 is 2.86 bits per heavy atom. The van der Waals surface area contributed by atoms with E-state index in [0.29, 0.717) is 12.2 Å². The van der Waals surface area contributed by atoms with Crippen molar-refractivity contribution in [1.29, 1.82) is 0 Å². The molecule has 0 aliphatic heterocycles. The fraction of sp³-hybridized carbons (Fsp3) is 0.438. The number of benzene rings is 1. The number of aromatic carboxylic acids is 1. The van der Waals surface area contributed by atoms with Gasteiger partial charge in [0.25, 0.3) is 0 Å². The highest BCUT2D eigenvalue weighted by atomic mass is 16.5. The molecule has 0 bridgehead atoms. The average molecular weight is 290 g/mol. The maximum atomic E-state index is 11.5. The van der Waals surface area contributed by atoms with Gasteiger partial charge in [0.2, 0.25) is 0 Å². The first kappa shape index (κ1) is 15.5. The van der Waals surface area contributed by atoms with Crippen LogP contribution in [0.2, 0.25) is 0 Å². The molecule has 0 fully saturated rings. The van der Waals surface area contributed by atoms with E-state index in [1.807, 2.05) is 31.2 Å². The fourth-order valence-corrected chi connectivity index (χ4v) is 2.58. The van der Waals surface area contributed by atoms with E-state index in [9.17, 15) is 9.90 Å². The van der Waals surface area contributed by atoms with Gasteiger partial charge in [-0.15, -0.1) is 0 Å². The Bertz CT molecular complexity index is 619. The first-order valence-corrected chi connectivity index (χ1v) is 7.24. The van der Waals surface area contributed by atoms with Gasteiger partial charge in [-0.05, 0) is 26.0 Å². The van der Waals surface area contributed by atoms with Gasteiger partial charge in [0.05, 0.1) is 0 Å². The Kier molecular flexibility index (Phi) is 5.36. The summed E-state index contributed by atoms with van der Waals surface area (Å²) < 4.78 is 7.03. The summed E-state index contributed by atoms with van der Waals surface area (Å²) in [6.07, 6.45) is 0.918. The van der Waals surface area contributed by atoms with E-state index in [1.165, 1.54) is 0 Å². The predicted octanol–water partition coefficient (Wildman–Crippen LogP) is 2.39. The number of aryl methyl sites for hydroxylation is 1. The number of hydrogen-bond donors (Lipinski definition) is 2. The largest absolute Gasteiger partial charge is 0.477 e. The summed E-state index contributed by atoms with van der Waals surface area (Å²) in [5, 5.41) is 13.8. The zero-order valence-corrected chi connectivity index (χ0v) is 12.6. The Morgan fingerprint density at radius 2 is 2.14 bits per heavy atom. The number of fused-ring (bicyclic) bond motifs is 1. The molecule has 0 saturated carbocycles. The SMILES string of the molecule is CCOCCCNCc1c(C(=O)O)n(C)c2ccccc12. The molecule has 0 aliphatic carbocycles. The van der Waals surface area contributed by atoms with Crippen LogP contribution in [0.4, 0.5) is 0 Å². The van der Waals surface area contributed by atoms with Gasteiger partial charge in [-0.1, -0.05) is 18.2 Å². The zero-order valence-electron chi connectivity index (χ0n) is 12.6. The van der Waals surface area contributed by atoms with Crippen molar-refractivity contribution in [3.63, 3.8) is 0 Å². The molecule has 0 aliphatic rings. The molecule has 1 aromatic carbocycles. The molecule has 21 heavy (non-hydrogen) atoms. The summed E-state index contributed by atoms with van der Waals surface area (Å²) in [7, 11) is 1.80. The molecule has 0 atom stereocenters. The first-order chi connectivity index (χ1) is 10.2. The summed E-state index contributed by atoms with van der Waals surface area (Å²) in [6, 6.07) is 7.78. The van der Waals surface area contributed by atoms with E-state index < -0.39 is 5.97 Å². The summed E-state index contributed by atoms with van der Waals surface area (Å²) in [5.74, 6) is -0.889. The average Bonchev–Trinajstić information content (AvgIpc) is 2.76. The Morgan fingerprint density at radius 1 is 1.38 bits per heavy atom. The van der Waals surface area contributed by atoms with Crippen LogP contribution in [0.1, 0.15) is 29.4 Å². The number of nitrogens with one attached hydrogen (secondary N) is 1. The third-order valence-corrected chi connectivity index (χ3v) is 3.56. The Hall–Kier alpha value is -1.85. The molecule has 2 rings (SSSR count). The van der Waals surface area contributed by atoms with Crippen LogP contribution in [0.5, 0.6) is 0 Å². The van der Waals surface area contributed by atoms with Crippen molar-refractivity contribution in [2.24, 2.45) is 7.05 Å². The van der Waals surface area contributed by atoms with E-state index in [-0.39, 0.29) is 0 Å². The van der Waals surface area contributed by atoms with Crippen LogP contribution in [0.15, 0.2) is 24.3 Å². The highest BCUT2D eigenvalue weighted by Gasteiger charge is 2.19. The van der Waals surface area contributed by atoms with Crippen molar-refractivity contribution in [2.75, 3.05) is 19.8 Å². The highest BCUT2D eigenvalue weighted by molar-refractivity contribution is 5.98. The van der Waals surface area contributed by atoms with E-state index in [0.717, 1.165) is 42.6 Å². The number of nitrogens with zero attached hydrogens (tertiary/aromatic N) is 1. The van der Waals surface area contributed by atoms with Crippen LogP contribution in [0, 0.1) is 0 Å². The molecule has 114 valence electrons. The number of carbonyl (C=O) groups is 1. The molecule has 5 heteroatoms. The summed E-state index contributed by atoms with van der Waals surface area (Å²) in [5.41, 5.74) is 2.14. The second-order valence-electron chi connectivity index (χ2n) is 4.94. The van der Waals surface area contributed by atoms with Gasteiger partial charge in [-0.25, -0.2) is 4.79 Å². The smallest absolute Gasteiger partial charge is 0.352 e. The van der Waals surface area contributed by atoms with Gasteiger partial charge in [-0.2, -0.15) is 0 Å². The van der Waals surface area contributed by atoms with Crippen molar-refractivity contribution in [3.8, 4) is 0 Å². The lowest BCUT2D eigenvalue weighted by molar-refractivity contribution is 0.0685. The minimum atomic E-state index is -0.889. The summed E-state index contributed by atoms with van der Waals surface area (Å²) in [4.78, 5) is 11.5. The molecule has 0 spiro atoms. The third kappa shape index (κ3) is 3.43. The van der Waals surface area contributed by atoms with Crippen molar-refractivity contribution in [3.05, 3.63) is 35.5 Å². The van der Waals surface area contributed by atoms with Crippen molar-refractivity contribution >= 4 is 16.9 Å². The number of ether oxygens (including phenoxy) is 1. The van der Waals surface area contributed by atoms with Gasteiger partial charge < -0.3 is 19.7 Å². The zero-order chi connectivity index (χ0) is 15.2. The van der Waals surface area contributed by atoms with Crippen LogP contribution in [0.3, 0.4) is 0 Å². The number of carboxylic acid groups (broad SMARTS) is 1. The standard InChI is InChI=1S/C16H22N2O3/c1-3-21-10-6-9-17-11-13-12-7-4-5-8-14(12)18(2)15(13)16(19)20/h4-5,7-8,17H,3,6,9-11H2,1-2H3,(H,19,20). The Labute approximate surface area is 124 Å². The maximum Gasteiger partial charge on any atom is 0.352 e. The van der Waals surface area contributed by atoms with E-state index in [1.54, 1.807) is 11.6 Å². The molecular formula is C16H22N2O3. The number of rotatable bonds is 8. The minimum Gasteiger partial charge on any atom is -0.477 e. The van der Waals surface area contributed by atoms with Gasteiger partial charge in [0.1, 0.15) is 5.69 Å². The maximum absolute atomic E-state index is 11.5. The highest BCUT2D eigenvalue weighted by Crippen LogP contribution is 2.25. The van der Waals surface area contributed by atoms with E-state index >= 15 is 0 Å². The van der Waals surface area contributed by atoms with Gasteiger partial charge in [0.15, 0.2) is 0 Å². The molecule has 1 aromatic heterocycles. The lowest BCUT2D eigenvalue weighted by Crippen LogP contribution is -2.18. The minimum absolute atomic E-state index is 0.355. The topological polar surface area (TPSA) is 63.5 Å². The number of aromatic nitrogens is 1. The molecule has 5 nitrogen and oxygen atoms in total. The van der Waals surface area contributed by atoms with Crippen molar-refractivity contribution in [1.82, 2.24) is 9.88 Å². The summed E-state index contributed by atoms with van der Waals surface area (Å²) in [6.45, 7) is 4.79. The Balaban J connectivity index is 2.14. The normalized spacial score (nSPS) is 11.1. The molecule has 2 N–H and O–H groups in total.